The molecule has 0 saturated heterocycles. The molecular weight excluding hydrogens is 965 g/mol. The lowest BCUT2D eigenvalue weighted by atomic mass is 9.86. The molecule has 2 aliphatic heterocycles. The van der Waals surface area contributed by atoms with Gasteiger partial charge in [-0.05, 0) is 117 Å². The predicted octanol–water partition coefficient (Wildman–Crippen LogP) is 15.5. The number of benzene rings is 8. The molecule has 78 heavy (non-hydrogen) atoms. The van der Waals surface area contributed by atoms with Gasteiger partial charge in [-0.1, -0.05) is 172 Å². The van der Waals surface area contributed by atoms with Crippen molar-refractivity contribution in [1.29, 1.82) is 0 Å². The van der Waals surface area contributed by atoms with Crippen molar-refractivity contribution in [3.63, 3.8) is 0 Å². The van der Waals surface area contributed by atoms with Gasteiger partial charge in [0.05, 0.1) is 26.4 Å². The maximum absolute atomic E-state index is 11.8. The summed E-state index contributed by atoms with van der Waals surface area (Å²) >= 11 is 0. The van der Waals surface area contributed by atoms with Gasteiger partial charge in [-0.15, -0.1) is 0 Å². The molecule has 0 radical (unpaired) electrons. The molecular formula is C70H72N2O6. The molecule has 2 N–H and O–H groups in total. The van der Waals surface area contributed by atoms with Crippen LogP contribution in [0.5, 0.6) is 34.5 Å². The monoisotopic (exact) mass is 1040 g/mol. The number of phenols is 2. The Hall–Kier alpha value is -8.10. The fourth-order valence-electron chi connectivity index (χ4n) is 11.1. The van der Waals surface area contributed by atoms with Crippen molar-refractivity contribution in [2.75, 3.05) is 26.4 Å². The third kappa shape index (κ3) is 12.8. The fourth-order valence-corrected chi connectivity index (χ4v) is 11.1. The maximum Gasteiger partial charge on any atom is 0.166 e. The third-order valence-corrected chi connectivity index (χ3v) is 15.2. The van der Waals surface area contributed by atoms with Crippen LogP contribution in [0, 0.1) is 0 Å². The standard InChI is InChI=1S/C70H72N2O6/c1-3-5-35-61-51-25-13-26-52(61)44-56-30-16-32-58-46-54-28-14-27-53(62(54)36-6-4-2)45-57-31-15-29-55(43-51)69(57)77-41-19-39-75-63-37-17-33-59(67(63)73)47-71-65(49-21-9-7-10-22-49)66(50-23-11-8-12-24-50)72-48-60-34-18-38-64(68(60)74)76-40-20-42-78-70(56)58/h7-18,21-34,37-38,47-48,65-66,73-74H,3-6,19-20,35-36,39-46H2,1-2H3/t65-,66-/m1/s1. The van der Waals surface area contributed by atoms with Gasteiger partial charge in [0.15, 0.2) is 23.0 Å². The Morgan fingerprint density at radius 2 is 0.718 bits per heavy atom. The molecule has 0 spiro atoms. The molecule has 0 aromatic heterocycles. The number of hydrogen-bond donors (Lipinski definition) is 2. The van der Waals surface area contributed by atoms with Gasteiger partial charge in [0.25, 0.3) is 0 Å². The first-order valence-corrected chi connectivity index (χ1v) is 28.2. The van der Waals surface area contributed by atoms with Crippen LogP contribution in [-0.2, 0) is 38.5 Å². The number of para-hydroxylation sites is 4. The number of aliphatic imine (C=N–C) groups is 2. The van der Waals surface area contributed by atoms with Gasteiger partial charge in [0, 0.05) is 62.1 Å². The van der Waals surface area contributed by atoms with Crippen LogP contribution < -0.4 is 18.9 Å². The summed E-state index contributed by atoms with van der Waals surface area (Å²) in [5.41, 5.74) is 15.7. The Kier molecular flexibility index (Phi) is 18.0. The van der Waals surface area contributed by atoms with Crippen molar-refractivity contribution in [3.05, 3.63) is 248 Å². The molecule has 0 amide bonds. The Balaban J connectivity index is 1.06. The molecule has 0 fully saturated rings. The van der Waals surface area contributed by atoms with E-state index in [4.69, 9.17) is 28.9 Å². The van der Waals surface area contributed by atoms with Crippen molar-refractivity contribution in [2.45, 2.75) is 103 Å². The van der Waals surface area contributed by atoms with Crippen LogP contribution in [-0.4, -0.2) is 49.1 Å². The van der Waals surface area contributed by atoms with Crippen molar-refractivity contribution < 1.29 is 29.2 Å². The Labute approximate surface area is 461 Å². The fraction of sp³-hybridized carbons (Fsp3) is 0.286. The normalized spacial score (nSPS) is 16.0. The summed E-state index contributed by atoms with van der Waals surface area (Å²) in [5.74, 6) is 2.65. The molecule has 2 atom stereocenters. The zero-order chi connectivity index (χ0) is 53.5. The van der Waals surface area contributed by atoms with Gasteiger partial charge in [-0.25, -0.2) is 0 Å². The largest absolute Gasteiger partial charge is 0.504 e. The molecule has 0 saturated carbocycles. The third-order valence-electron chi connectivity index (χ3n) is 15.2. The van der Waals surface area contributed by atoms with Crippen LogP contribution in [0.1, 0.15) is 142 Å². The van der Waals surface area contributed by atoms with E-state index in [0.717, 1.165) is 86.8 Å². The summed E-state index contributed by atoms with van der Waals surface area (Å²) in [5, 5.41) is 23.5. The number of nitrogens with zero attached hydrogens (tertiary/aromatic N) is 2. The lowest BCUT2D eigenvalue weighted by molar-refractivity contribution is 0.239. The summed E-state index contributed by atoms with van der Waals surface area (Å²) in [6.07, 6.45) is 13.9. The minimum Gasteiger partial charge on any atom is -0.504 e. The molecule has 1 aliphatic carbocycles. The second-order valence-corrected chi connectivity index (χ2v) is 20.6. The Morgan fingerprint density at radius 1 is 0.385 bits per heavy atom. The van der Waals surface area contributed by atoms with Crippen LogP contribution in [0.25, 0.3) is 0 Å². The van der Waals surface area contributed by atoms with Gasteiger partial charge >= 0.3 is 0 Å². The van der Waals surface area contributed by atoms with Crippen molar-refractivity contribution >= 4 is 12.4 Å². The van der Waals surface area contributed by atoms with Gasteiger partial charge in [0.1, 0.15) is 23.6 Å². The SMILES string of the molecule is CCCCc1c2cccc1Cc1cccc3c1OCCCOc1cccc(c1O)C=N[C@H](c1ccccc1)[C@@H](c1ccccc1)N=Cc1cccc(c1O)OCCCOc1c(cccc1Cc1cccc(c1CCCC)C3)C2. The molecule has 398 valence electrons. The van der Waals surface area contributed by atoms with E-state index >= 15 is 0 Å². The van der Waals surface area contributed by atoms with Gasteiger partial charge in [-0.2, -0.15) is 0 Å². The summed E-state index contributed by atoms with van der Waals surface area (Å²) in [6, 6.07) is 57.1. The first-order valence-electron chi connectivity index (χ1n) is 28.2. The number of ether oxygens (including phenoxy) is 4. The predicted molar refractivity (Wildman–Crippen MR) is 315 cm³/mol. The first kappa shape index (κ1) is 53.3. The van der Waals surface area contributed by atoms with Crippen LogP contribution in [0.2, 0.25) is 0 Å². The van der Waals surface area contributed by atoms with Crippen LogP contribution in [0.15, 0.2) is 180 Å². The average molecular weight is 1040 g/mol. The van der Waals surface area contributed by atoms with E-state index in [2.05, 4.69) is 86.6 Å². The molecule has 8 aromatic rings. The quantitative estimate of drug-likeness (QED) is 0.157. The van der Waals surface area contributed by atoms with Crippen molar-refractivity contribution in [1.82, 2.24) is 0 Å². The molecule has 0 unspecified atom stereocenters. The number of rotatable bonds is 8. The Bertz CT molecular complexity index is 3020. The van der Waals surface area contributed by atoms with E-state index in [-0.39, 0.29) is 11.5 Å². The van der Waals surface area contributed by atoms with Gasteiger partial charge in [-0.3, -0.25) is 9.98 Å². The Morgan fingerprint density at radius 3 is 1.08 bits per heavy atom. The average Bonchev–Trinajstić information content (AvgIpc) is 3.50. The first-order chi connectivity index (χ1) is 38.4. The number of unbranched alkanes of at least 4 members (excludes halogenated alkanes) is 2. The minimum atomic E-state index is -0.502. The summed E-state index contributed by atoms with van der Waals surface area (Å²) in [4.78, 5) is 10.4. The number of aromatic hydroxyl groups is 2. The van der Waals surface area contributed by atoms with Crippen molar-refractivity contribution in [3.8, 4) is 34.5 Å². The zero-order valence-electron chi connectivity index (χ0n) is 45.2. The molecule has 3 aliphatic rings. The summed E-state index contributed by atoms with van der Waals surface area (Å²) < 4.78 is 26.7. The number of phenolic OH excluding ortho intramolecular Hbond substituents is 2. The lowest BCUT2D eigenvalue weighted by Crippen LogP contribution is -2.11. The molecule has 11 rings (SSSR count). The van der Waals surface area contributed by atoms with E-state index in [9.17, 15) is 10.2 Å². The number of fused-ring (bicyclic) bond motifs is 11. The van der Waals surface area contributed by atoms with Crippen LogP contribution in [0.4, 0.5) is 0 Å². The highest BCUT2D eigenvalue weighted by atomic mass is 16.5. The van der Waals surface area contributed by atoms with E-state index in [0.29, 0.717) is 61.9 Å². The van der Waals surface area contributed by atoms with Gasteiger partial charge < -0.3 is 29.2 Å². The minimum absolute atomic E-state index is 0.00960. The lowest BCUT2D eigenvalue weighted by Gasteiger charge is -2.23. The highest BCUT2D eigenvalue weighted by Crippen LogP contribution is 2.40. The van der Waals surface area contributed by atoms with E-state index < -0.39 is 12.1 Å². The maximum atomic E-state index is 11.8. The molecule has 14 bridgehead atoms. The van der Waals surface area contributed by atoms with Gasteiger partial charge in [0.2, 0.25) is 0 Å². The summed E-state index contributed by atoms with van der Waals surface area (Å²) in [6.45, 7) is 6.07. The molecule has 2 heterocycles. The number of hydrogen-bond acceptors (Lipinski definition) is 8. The second-order valence-electron chi connectivity index (χ2n) is 20.6. The topological polar surface area (TPSA) is 102 Å². The second kappa shape index (κ2) is 26.3. The van der Waals surface area contributed by atoms with E-state index in [1.807, 2.05) is 84.9 Å². The van der Waals surface area contributed by atoms with Crippen LogP contribution >= 0.6 is 0 Å². The van der Waals surface area contributed by atoms with E-state index in [1.54, 1.807) is 24.6 Å². The summed E-state index contributed by atoms with van der Waals surface area (Å²) in [7, 11) is 0. The molecule has 8 nitrogen and oxygen atoms in total. The van der Waals surface area contributed by atoms with Crippen molar-refractivity contribution in [2.24, 2.45) is 9.98 Å². The zero-order valence-corrected chi connectivity index (χ0v) is 45.2. The highest BCUT2D eigenvalue weighted by molar-refractivity contribution is 5.86. The van der Waals surface area contributed by atoms with E-state index in [1.165, 1.54) is 55.6 Å². The molecule has 8 heteroatoms. The van der Waals surface area contributed by atoms with Crippen LogP contribution in [0.3, 0.4) is 0 Å². The molecule has 8 aromatic carbocycles. The smallest absolute Gasteiger partial charge is 0.166 e. The highest BCUT2D eigenvalue weighted by Gasteiger charge is 2.25.